The van der Waals surface area contributed by atoms with Gasteiger partial charge in [0, 0.05) is 24.8 Å². The van der Waals surface area contributed by atoms with Crippen LogP contribution in [0.15, 0.2) is 42.6 Å². The molecule has 0 bridgehead atoms. The van der Waals surface area contributed by atoms with Gasteiger partial charge in [0.1, 0.15) is 5.75 Å². The molecule has 1 fully saturated rings. The summed E-state index contributed by atoms with van der Waals surface area (Å²) in [4.78, 5) is 4.27. The molecule has 19 heavy (non-hydrogen) atoms. The van der Waals surface area contributed by atoms with Gasteiger partial charge in [0.25, 0.3) is 0 Å². The lowest BCUT2D eigenvalue weighted by atomic mass is 10.3. The number of nitrogens with zero attached hydrogens (tertiary/aromatic N) is 1. The number of benzene rings is 1. The number of ether oxygens (including phenoxy) is 1. The van der Waals surface area contributed by atoms with Gasteiger partial charge >= 0.3 is 0 Å². The van der Waals surface area contributed by atoms with E-state index in [0.717, 1.165) is 12.2 Å². The minimum absolute atomic E-state index is 0.231. The molecule has 0 unspecified atom stereocenters. The third-order valence-corrected chi connectivity index (χ3v) is 3.00. The van der Waals surface area contributed by atoms with Gasteiger partial charge in [-0.15, -0.1) is 0 Å². The zero-order valence-electron chi connectivity index (χ0n) is 10.5. The maximum absolute atomic E-state index is 13.5. The van der Waals surface area contributed by atoms with Crippen LogP contribution in [0.2, 0.25) is 0 Å². The van der Waals surface area contributed by atoms with E-state index in [4.69, 9.17) is 4.74 Å². The van der Waals surface area contributed by atoms with Crippen LogP contribution < -0.4 is 10.1 Å². The minimum Gasteiger partial charge on any atom is -0.454 e. The molecule has 1 aliphatic rings. The standard InChI is InChI=1S/C15H15FN2O/c16-14-3-1-2-4-15(14)19-13-7-8-17-12(9-13)10-18-11-5-6-11/h1-4,7-9,11,18H,5-6,10H2. The van der Waals surface area contributed by atoms with E-state index in [1.54, 1.807) is 30.5 Å². The third-order valence-electron chi connectivity index (χ3n) is 3.00. The van der Waals surface area contributed by atoms with Crippen LogP contribution in [0.1, 0.15) is 18.5 Å². The number of nitrogens with one attached hydrogen (secondary N) is 1. The van der Waals surface area contributed by atoms with Crippen molar-refractivity contribution in [3.05, 3.63) is 54.1 Å². The molecule has 1 aliphatic carbocycles. The van der Waals surface area contributed by atoms with Crippen LogP contribution in [0.4, 0.5) is 4.39 Å². The Morgan fingerprint density at radius 2 is 2.11 bits per heavy atom. The Hall–Kier alpha value is -1.94. The molecule has 0 spiro atoms. The van der Waals surface area contributed by atoms with Gasteiger partial charge in [-0.3, -0.25) is 4.98 Å². The maximum Gasteiger partial charge on any atom is 0.165 e. The molecule has 3 rings (SSSR count). The van der Waals surface area contributed by atoms with E-state index in [2.05, 4.69) is 10.3 Å². The molecule has 98 valence electrons. The predicted molar refractivity (Wildman–Crippen MR) is 70.6 cm³/mol. The molecule has 1 N–H and O–H groups in total. The summed E-state index contributed by atoms with van der Waals surface area (Å²) in [5.41, 5.74) is 0.903. The Labute approximate surface area is 111 Å². The number of pyridine rings is 1. The fourth-order valence-electron chi connectivity index (χ4n) is 1.81. The fraction of sp³-hybridized carbons (Fsp3) is 0.267. The van der Waals surface area contributed by atoms with E-state index in [1.807, 2.05) is 6.07 Å². The molecular formula is C15H15FN2O. The quantitative estimate of drug-likeness (QED) is 0.893. The lowest BCUT2D eigenvalue weighted by molar-refractivity contribution is 0.441. The second kappa shape index (κ2) is 5.36. The van der Waals surface area contributed by atoms with E-state index in [0.29, 0.717) is 11.8 Å². The third kappa shape index (κ3) is 3.29. The highest BCUT2D eigenvalue weighted by molar-refractivity contribution is 5.32. The van der Waals surface area contributed by atoms with Crippen LogP contribution in [0.5, 0.6) is 11.5 Å². The average Bonchev–Trinajstić information content (AvgIpc) is 3.24. The molecule has 0 amide bonds. The Balaban J connectivity index is 1.70. The first kappa shape index (κ1) is 12.1. The molecule has 0 saturated heterocycles. The van der Waals surface area contributed by atoms with Crippen molar-refractivity contribution in [2.24, 2.45) is 0 Å². The summed E-state index contributed by atoms with van der Waals surface area (Å²) in [7, 11) is 0. The maximum atomic E-state index is 13.5. The first-order valence-corrected chi connectivity index (χ1v) is 6.42. The van der Waals surface area contributed by atoms with Gasteiger partial charge in [0.05, 0.1) is 5.69 Å². The number of halogens is 1. The van der Waals surface area contributed by atoms with Gasteiger partial charge in [0.2, 0.25) is 0 Å². The van der Waals surface area contributed by atoms with Crippen molar-refractivity contribution < 1.29 is 9.13 Å². The summed E-state index contributed by atoms with van der Waals surface area (Å²) < 4.78 is 19.0. The monoisotopic (exact) mass is 258 g/mol. The normalized spacial score (nSPS) is 14.4. The molecule has 1 aromatic carbocycles. The Morgan fingerprint density at radius 1 is 1.26 bits per heavy atom. The lowest BCUT2D eigenvalue weighted by Crippen LogP contribution is -2.16. The highest BCUT2D eigenvalue weighted by Gasteiger charge is 2.20. The van der Waals surface area contributed by atoms with Crippen molar-refractivity contribution in [1.29, 1.82) is 0 Å². The van der Waals surface area contributed by atoms with Crippen molar-refractivity contribution in [1.82, 2.24) is 10.3 Å². The summed E-state index contributed by atoms with van der Waals surface area (Å²) in [5, 5.41) is 3.38. The minimum atomic E-state index is -0.364. The Kier molecular flexibility index (Phi) is 3.42. The molecule has 0 aliphatic heterocycles. The summed E-state index contributed by atoms with van der Waals surface area (Å²) in [6.07, 6.45) is 4.16. The molecule has 0 atom stereocenters. The number of hydrogen-bond acceptors (Lipinski definition) is 3. The van der Waals surface area contributed by atoms with E-state index >= 15 is 0 Å². The summed E-state index contributed by atoms with van der Waals surface area (Å²) in [6, 6.07) is 10.6. The first-order valence-electron chi connectivity index (χ1n) is 6.42. The largest absolute Gasteiger partial charge is 0.454 e. The van der Waals surface area contributed by atoms with Crippen molar-refractivity contribution in [2.45, 2.75) is 25.4 Å². The van der Waals surface area contributed by atoms with E-state index in [-0.39, 0.29) is 11.6 Å². The van der Waals surface area contributed by atoms with E-state index in [9.17, 15) is 4.39 Å². The highest BCUT2D eigenvalue weighted by Crippen LogP contribution is 2.24. The van der Waals surface area contributed by atoms with E-state index in [1.165, 1.54) is 18.9 Å². The Morgan fingerprint density at radius 3 is 2.89 bits per heavy atom. The van der Waals surface area contributed by atoms with Crippen LogP contribution in [0.3, 0.4) is 0 Å². The molecule has 1 heterocycles. The Bertz CT molecular complexity index is 570. The fourth-order valence-corrected chi connectivity index (χ4v) is 1.81. The van der Waals surface area contributed by atoms with Crippen LogP contribution in [0.25, 0.3) is 0 Å². The smallest absolute Gasteiger partial charge is 0.165 e. The highest BCUT2D eigenvalue weighted by atomic mass is 19.1. The van der Waals surface area contributed by atoms with Crippen LogP contribution >= 0.6 is 0 Å². The first-order chi connectivity index (χ1) is 9.31. The van der Waals surface area contributed by atoms with Crippen molar-refractivity contribution >= 4 is 0 Å². The van der Waals surface area contributed by atoms with Gasteiger partial charge in [-0.25, -0.2) is 4.39 Å². The number of hydrogen-bond donors (Lipinski definition) is 1. The summed E-state index contributed by atoms with van der Waals surface area (Å²) in [6.45, 7) is 0.721. The van der Waals surface area contributed by atoms with Crippen LogP contribution in [-0.4, -0.2) is 11.0 Å². The number of aromatic nitrogens is 1. The molecule has 0 radical (unpaired) electrons. The molecule has 4 heteroatoms. The topological polar surface area (TPSA) is 34.1 Å². The van der Waals surface area contributed by atoms with Crippen molar-refractivity contribution in [2.75, 3.05) is 0 Å². The average molecular weight is 258 g/mol. The summed E-state index contributed by atoms with van der Waals surface area (Å²) >= 11 is 0. The van der Waals surface area contributed by atoms with Crippen LogP contribution in [-0.2, 0) is 6.54 Å². The SMILES string of the molecule is Fc1ccccc1Oc1ccnc(CNC2CC2)c1. The van der Waals surface area contributed by atoms with Gasteiger partial charge in [-0.05, 0) is 31.0 Å². The molecule has 3 nitrogen and oxygen atoms in total. The number of rotatable bonds is 5. The van der Waals surface area contributed by atoms with Gasteiger partial charge < -0.3 is 10.1 Å². The zero-order valence-corrected chi connectivity index (χ0v) is 10.5. The second-order valence-corrected chi connectivity index (χ2v) is 4.67. The van der Waals surface area contributed by atoms with Gasteiger partial charge in [-0.2, -0.15) is 0 Å². The van der Waals surface area contributed by atoms with Gasteiger partial charge in [0.15, 0.2) is 11.6 Å². The molecular weight excluding hydrogens is 243 g/mol. The van der Waals surface area contributed by atoms with Gasteiger partial charge in [-0.1, -0.05) is 12.1 Å². The van der Waals surface area contributed by atoms with Crippen molar-refractivity contribution in [3.63, 3.8) is 0 Å². The molecule has 1 aromatic heterocycles. The number of para-hydroxylation sites is 1. The van der Waals surface area contributed by atoms with Crippen LogP contribution in [0, 0.1) is 5.82 Å². The summed E-state index contributed by atoms with van der Waals surface area (Å²) in [5.74, 6) is 0.472. The van der Waals surface area contributed by atoms with E-state index < -0.39 is 0 Å². The molecule has 2 aromatic rings. The van der Waals surface area contributed by atoms with Crippen molar-refractivity contribution in [3.8, 4) is 11.5 Å². The molecule has 1 saturated carbocycles. The zero-order chi connectivity index (χ0) is 13.1. The lowest BCUT2D eigenvalue weighted by Gasteiger charge is -2.08. The predicted octanol–water partition coefficient (Wildman–Crippen LogP) is 3.27. The second-order valence-electron chi connectivity index (χ2n) is 4.67.